The second kappa shape index (κ2) is 18.0. The van der Waals surface area contributed by atoms with Crippen molar-refractivity contribution >= 4 is 0 Å². The molecule has 0 amide bonds. The lowest BCUT2D eigenvalue weighted by Gasteiger charge is -2.09. The molecule has 144 valence electrons. The third-order valence-corrected chi connectivity index (χ3v) is 5.08. The summed E-state index contributed by atoms with van der Waals surface area (Å²) in [7, 11) is 0. The van der Waals surface area contributed by atoms with Crippen molar-refractivity contribution in [2.75, 3.05) is 19.6 Å². The van der Waals surface area contributed by atoms with Gasteiger partial charge in [0, 0.05) is 6.54 Å². The number of unbranched alkanes of at least 4 members (excludes halogenated alkanes) is 10. The molecule has 1 aliphatic rings. The van der Waals surface area contributed by atoms with Crippen LogP contribution in [0.2, 0.25) is 0 Å². The second-order valence-electron chi connectivity index (χ2n) is 7.53. The van der Waals surface area contributed by atoms with Crippen molar-refractivity contribution in [3.63, 3.8) is 0 Å². The molecular weight excluding hydrogens is 302 g/mol. The molecule has 0 aromatic rings. The van der Waals surface area contributed by atoms with Crippen LogP contribution >= 0.6 is 0 Å². The van der Waals surface area contributed by atoms with E-state index < -0.39 is 0 Å². The number of rotatable bonds is 16. The molecule has 1 rings (SSSR count). The Morgan fingerprint density at radius 2 is 1.12 bits per heavy atom. The Morgan fingerprint density at radius 3 is 1.76 bits per heavy atom. The van der Waals surface area contributed by atoms with Gasteiger partial charge in [-0.25, -0.2) is 0 Å². The summed E-state index contributed by atoms with van der Waals surface area (Å²) in [6.07, 6.45) is 33.0. The van der Waals surface area contributed by atoms with Crippen LogP contribution in [0.4, 0.5) is 0 Å². The highest BCUT2D eigenvalue weighted by Crippen LogP contribution is 2.10. The highest BCUT2D eigenvalue weighted by Gasteiger charge is 2.08. The van der Waals surface area contributed by atoms with Crippen LogP contribution in [0.3, 0.4) is 0 Å². The molecule has 1 nitrogen and oxygen atoms in total. The van der Waals surface area contributed by atoms with E-state index >= 15 is 0 Å². The quantitative estimate of drug-likeness (QED) is 0.159. The van der Waals surface area contributed by atoms with Gasteiger partial charge in [0.15, 0.2) is 0 Å². The highest BCUT2D eigenvalue weighted by atomic mass is 15.1. The van der Waals surface area contributed by atoms with E-state index in [1.54, 1.807) is 0 Å². The van der Waals surface area contributed by atoms with Crippen LogP contribution in [-0.2, 0) is 0 Å². The van der Waals surface area contributed by atoms with Crippen LogP contribution in [-0.4, -0.2) is 24.5 Å². The minimum absolute atomic E-state index is 1.14. The number of likely N-dealkylation sites (tertiary alicyclic amines) is 1. The predicted octanol–water partition coefficient (Wildman–Crippen LogP) is 7.45. The lowest BCUT2D eigenvalue weighted by molar-refractivity contribution is 0.377. The Balaban J connectivity index is 1.76. The van der Waals surface area contributed by atoms with Crippen molar-refractivity contribution in [3.05, 3.63) is 36.5 Å². The van der Waals surface area contributed by atoms with Crippen molar-refractivity contribution in [1.29, 1.82) is 0 Å². The zero-order chi connectivity index (χ0) is 17.8. The minimum atomic E-state index is 1.14. The van der Waals surface area contributed by atoms with Crippen molar-refractivity contribution in [1.82, 2.24) is 4.90 Å². The zero-order valence-electron chi connectivity index (χ0n) is 16.9. The molecule has 0 aliphatic carbocycles. The number of hydrogen-bond donors (Lipinski definition) is 0. The predicted molar refractivity (Wildman–Crippen MR) is 114 cm³/mol. The summed E-state index contributed by atoms with van der Waals surface area (Å²) in [5.41, 5.74) is 0. The Kier molecular flexibility index (Phi) is 16.0. The van der Waals surface area contributed by atoms with E-state index in [0.717, 1.165) is 6.54 Å². The Bertz CT molecular complexity index is 347. The molecule has 0 saturated carbocycles. The first kappa shape index (κ1) is 22.2. The van der Waals surface area contributed by atoms with E-state index in [4.69, 9.17) is 0 Å². The minimum Gasteiger partial charge on any atom is -0.300 e. The Morgan fingerprint density at radius 1 is 0.600 bits per heavy atom. The summed E-state index contributed by atoms with van der Waals surface area (Å²) >= 11 is 0. The normalized spacial score (nSPS) is 16.2. The van der Waals surface area contributed by atoms with Crippen molar-refractivity contribution < 1.29 is 0 Å². The van der Waals surface area contributed by atoms with Gasteiger partial charge in [-0.05, 0) is 58.0 Å². The first-order valence-corrected chi connectivity index (χ1v) is 11.1. The molecule has 25 heavy (non-hydrogen) atoms. The second-order valence-corrected chi connectivity index (χ2v) is 7.53. The van der Waals surface area contributed by atoms with Crippen LogP contribution in [0.15, 0.2) is 36.5 Å². The molecule has 0 atom stereocenters. The number of nitrogens with zero attached hydrogens (tertiary/aromatic N) is 1. The summed E-state index contributed by atoms with van der Waals surface area (Å²) in [4.78, 5) is 2.53. The summed E-state index contributed by atoms with van der Waals surface area (Å²) in [5.74, 6) is 0. The Labute approximate surface area is 158 Å². The van der Waals surface area contributed by atoms with Gasteiger partial charge in [0.25, 0.3) is 0 Å². The fourth-order valence-corrected chi connectivity index (χ4v) is 3.39. The van der Waals surface area contributed by atoms with E-state index in [1.165, 1.54) is 103 Å². The van der Waals surface area contributed by atoms with Gasteiger partial charge in [0.2, 0.25) is 0 Å². The van der Waals surface area contributed by atoms with Crippen LogP contribution < -0.4 is 0 Å². The third kappa shape index (κ3) is 15.2. The lowest BCUT2D eigenvalue weighted by atomic mass is 10.1. The average molecular weight is 346 g/mol. The van der Waals surface area contributed by atoms with Gasteiger partial charge < -0.3 is 0 Å². The van der Waals surface area contributed by atoms with Gasteiger partial charge in [-0.15, -0.1) is 0 Å². The number of hydrogen-bond acceptors (Lipinski definition) is 1. The lowest BCUT2D eigenvalue weighted by Crippen LogP contribution is -2.18. The molecule has 1 saturated heterocycles. The van der Waals surface area contributed by atoms with Gasteiger partial charge in [0.05, 0.1) is 0 Å². The van der Waals surface area contributed by atoms with Crippen LogP contribution in [0.5, 0.6) is 0 Å². The van der Waals surface area contributed by atoms with Gasteiger partial charge in [-0.1, -0.05) is 88.3 Å². The van der Waals surface area contributed by atoms with E-state index in [1.807, 2.05) is 0 Å². The summed E-state index contributed by atoms with van der Waals surface area (Å²) < 4.78 is 0. The van der Waals surface area contributed by atoms with E-state index in [-0.39, 0.29) is 0 Å². The SMILES string of the molecule is CCCCC=CCCCCCCCCCC=CC=CCN1CCCC1. The molecule has 0 aromatic carbocycles. The van der Waals surface area contributed by atoms with Crippen LogP contribution in [0, 0.1) is 0 Å². The molecule has 0 N–H and O–H groups in total. The summed E-state index contributed by atoms with van der Waals surface area (Å²) in [6, 6.07) is 0. The first-order valence-electron chi connectivity index (χ1n) is 11.1. The fourth-order valence-electron chi connectivity index (χ4n) is 3.39. The summed E-state index contributed by atoms with van der Waals surface area (Å²) in [6.45, 7) is 5.99. The highest BCUT2D eigenvalue weighted by molar-refractivity contribution is 5.03. The molecule has 0 spiro atoms. The molecule has 1 heteroatoms. The molecule has 1 heterocycles. The third-order valence-electron chi connectivity index (χ3n) is 5.08. The fraction of sp³-hybridized carbons (Fsp3) is 0.750. The smallest absolute Gasteiger partial charge is 0.0166 e. The van der Waals surface area contributed by atoms with E-state index in [9.17, 15) is 0 Å². The van der Waals surface area contributed by atoms with Gasteiger partial charge >= 0.3 is 0 Å². The maximum atomic E-state index is 2.53. The van der Waals surface area contributed by atoms with Crippen LogP contribution in [0.1, 0.15) is 96.8 Å². The van der Waals surface area contributed by atoms with E-state index in [2.05, 4.69) is 48.3 Å². The largest absolute Gasteiger partial charge is 0.300 e. The van der Waals surface area contributed by atoms with Crippen molar-refractivity contribution in [2.45, 2.75) is 96.8 Å². The van der Waals surface area contributed by atoms with Gasteiger partial charge in [-0.3, -0.25) is 4.90 Å². The van der Waals surface area contributed by atoms with Crippen molar-refractivity contribution in [2.24, 2.45) is 0 Å². The molecule has 0 unspecified atom stereocenters. The van der Waals surface area contributed by atoms with Gasteiger partial charge in [-0.2, -0.15) is 0 Å². The monoisotopic (exact) mass is 345 g/mol. The standard InChI is InChI=1S/C24H43N/c1-2-3-4-5-6-7-8-9-10-11-12-13-14-15-16-17-18-19-22-25-23-20-21-24-25/h5-6,16-19H,2-4,7-15,20-24H2,1H3. The van der Waals surface area contributed by atoms with Gasteiger partial charge in [0.1, 0.15) is 0 Å². The molecule has 1 fully saturated rings. The maximum absolute atomic E-state index is 2.53. The van der Waals surface area contributed by atoms with Crippen LogP contribution in [0.25, 0.3) is 0 Å². The Hall–Kier alpha value is -0.820. The molecule has 0 radical (unpaired) electrons. The first-order chi connectivity index (χ1) is 12.4. The summed E-state index contributed by atoms with van der Waals surface area (Å²) in [5, 5.41) is 0. The molecule has 1 aliphatic heterocycles. The zero-order valence-corrected chi connectivity index (χ0v) is 16.9. The number of allylic oxidation sites excluding steroid dienone is 5. The topological polar surface area (TPSA) is 3.24 Å². The molecular formula is C24H43N. The molecule has 0 bridgehead atoms. The molecule has 0 aromatic heterocycles. The maximum Gasteiger partial charge on any atom is 0.0166 e. The average Bonchev–Trinajstić information content (AvgIpc) is 3.14. The van der Waals surface area contributed by atoms with Crippen molar-refractivity contribution in [3.8, 4) is 0 Å². The van der Waals surface area contributed by atoms with E-state index in [0.29, 0.717) is 0 Å².